The van der Waals surface area contributed by atoms with Crippen LogP contribution in [0.2, 0.25) is 0 Å². The Labute approximate surface area is 111 Å². The number of hydrogen-bond donors (Lipinski definition) is 2. The quantitative estimate of drug-likeness (QED) is 0.872. The number of aromatic nitrogens is 2. The molecule has 2 aromatic rings. The minimum Gasteiger partial charge on any atom is -0.493 e. The molecular formula is C13H16N4O2. The standard InChI is InChI=1S/C13H16N4O2/c1-14-8-12-16-17-13(19-12)15-10-6-7-18-11-5-3-2-4-9(10)11/h2-5,10,14H,6-8H2,1H3,(H,15,17). The molecule has 1 atom stereocenters. The second-order valence-electron chi connectivity index (χ2n) is 4.40. The number of nitrogens with zero attached hydrogens (tertiary/aromatic N) is 2. The number of fused-ring (bicyclic) bond motifs is 1. The van der Waals surface area contributed by atoms with E-state index in [1.165, 1.54) is 0 Å². The van der Waals surface area contributed by atoms with Crippen molar-refractivity contribution in [1.29, 1.82) is 0 Å². The highest BCUT2D eigenvalue weighted by Gasteiger charge is 2.22. The fourth-order valence-corrected chi connectivity index (χ4v) is 2.18. The van der Waals surface area contributed by atoms with Crippen LogP contribution in [0.5, 0.6) is 5.75 Å². The first-order valence-corrected chi connectivity index (χ1v) is 6.32. The highest BCUT2D eigenvalue weighted by molar-refractivity contribution is 5.41. The number of rotatable bonds is 4. The van der Waals surface area contributed by atoms with Gasteiger partial charge in [0.25, 0.3) is 0 Å². The lowest BCUT2D eigenvalue weighted by Gasteiger charge is -2.25. The maximum atomic E-state index is 5.62. The van der Waals surface area contributed by atoms with Crippen LogP contribution in [0, 0.1) is 0 Å². The van der Waals surface area contributed by atoms with Gasteiger partial charge in [0.1, 0.15) is 5.75 Å². The van der Waals surface area contributed by atoms with E-state index in [1.807, 2.05) is 25.2 Å². The van der Waals surface area contributed by atoms with Crippen molar-refractivity contribution in [2.24, 2.45) is 0 Å². The summed E-state index contributed by atoms with van der Waals surface area (Å²) in [6.07, 6.45) is 0.876. The minimum absolute atomic E-state index is 0.146. The summed E-state index contributed by atoms with van der Waals surface area (Å²) < 4.78 is 11.1. The van der Waals surface area contributed by atoms with E-state index < -0.39 is 0 Å². The van der Waals surface area contributed by atoms with Gasteiger partial charge in [0.2, 0.25) is 5.89 Å². The van der Waals surface area contributed by atoms with Crippen LogP contribution in [-0.2, 0) is 6.54 Å². The van der Waals surface area contributed by atoms with Crippen LogP contribution < -0.4 is 15.4 Å². The average molecular weight is 260 g/mol. The summed E-state index contributed by atoms with van der Waals surface area (Å²) in [5, 5.41) is 14.2. The molecule has 0 fully saturated rings. The van der Waals surface area contributed by atoms with Gasteiger partial charge in [0, 0.05) is 12.0 Å². The van der Waals surface area contributed by atoms with E-state index in [0.29, 0.717) is 25.1 Å². The van der Waals surface area contributed by atoms with Crippen molar-refractivity contribution in [3.05, 3.63) is 35.7 Å². The molecule has 1 aromatic heterocycles. The number of nitrogens with one attached hydrogen (secondary N) is 2. The normalized spacial score (nSPS) is 17.6. The summed E-state index contributed by atoms with van der Waals surface area (Å²) in [6, 6.07) is 8.60. The highest BCUT2D eigenvalue weighted by atomic mass is 16.5. The smallest absolute Gasteiger partial charge is 0.316 e. The first-order chi connectivity index (χ1) is 9.36. The Morgan fingerprint density at radius 3 is 3.11 bits per heavy atom. The van der Waals surface area contributed by atoms with Crippen LogP contribution in [0.25, 0.3) is 0 Å². The predicted molar refractivity (Wildman–Crippen MR) is 70.0 cm³/mol. The van der Waals surface area contributed by atoms with Crippen LogP contribution in [0.1, 0.15) is 23.9 Å². The van der Waals surface area contributed by atoms with Crippen LogP contribution in [0.4, 0.5) is 6.01 Å². The second-order valence-corrected chi connectivity index (χ2v) is 4.40. The molecule has 1 aliphatic rings. The number of benzene rings is 1. The van der Waals surface area contributed by atoms with Gasteiger partial charge >= 0.3 is 6.01 Å². The molecule has 1 aliphatic heterocycles. The number of para-hydroxylation sites is 1. The van der Waals surface area contributed by atoms with Gasteiger partial charge in [-0.25, -0.2) is 0 Å². The molecule has 6 heteroatoms. The molecule has 0 bridgehead atoms. The minimum atomic E-state index is 0.146. The van der Waals surface area contributed by atoms with Crippen molar-refractivity contribution in [3.8, 4) is 5.75 Å². The van der Waals surface area contributed by atoms with Crippen LogP contribution in [-0.4, -0.2) is 23.9 Å². The summed E-state index contributed by atoms with van der Waals surface area (Å²) in [4.78, 5) is 0. The van der Waals surface area contributed by atoms with Crippen molar-refractivity contribution in [2.75, 3.05) is 19.0 Å². The van der Waals surface area contributed by atoms with Gasteiger partial charge in [-0.2, -0.15) is 0 Å². The van der Waals surface area contributed by atoms with Crippen molar-refractivity contribution in [3.63, 3.8) is 0 Å². The Morgan fingerprint density at radius 1 is 1.32 bits per heavy atom. The van der Waals surface area contributed by atoms with E-state index >= 15 is 0 Å². The molecule has 100 valence electrons. The largest absolute Gasteiger partial charge is 0.493 e. The van der Waals surface area contributed by atoms with E-state index in [-0.39, 0.29) is 6.04 Å². The zero-order chi connectivity index (χ0) is 13.1. The first-order valence-electron chi connectivity index (χ1n) is 6.32. The van der Waals surface area contributed by atoms with Gasteiger partial charge in [-0.3, -0.25) is 0 Å². The van der Waals surface area contributed by atoms with E-state index in [2.05, 4.69) is 26.9 Å². The fourth-order valence-electron chi connectivity index (χ4n) is 2.18. The topological polar surface area (TPSA) is 72.2 Å². The van der Waals surface area contributed by atoms with Gasteiger partial charge in [-0.15, -0.1) is 5.10 Å². The van der Waals surface area contributed by atoms with Crippen molar-refractivity contribution in [1.82, 2.24) is 15.5 Å². The third-order valence-corrected chi connectivity index (χ3v) is 3.05. The second kappa shape index (κ2) is 5.27. The molecule has 0 saturated carbocycles. The molecule has 2 heterocycles. The summed E-state index contributed by atoms with van der Waals surface area (Å²) in [6.45, 7) is 1.26. The third kappa shape index (κ3) is 2.53. The predicted octanol–water partition coefficient (Wildman–Crippen LogP) is 1.72. The summed E-state index contributed by atoms with van der Waals surface area (Å²) in [5.41, 5.74) is 1.13. The van der Waals surface area contributed by atoms with E-state index in [1.54, 1.807) is 0 Å². The maximum Gasteiger partial charge on any atom is 0.316 e. The Hall–Kier alpha value is -2.08. The van der Waals surface area contributed by atoms with Gasteiger partial charge in [-0.1, -0.05) is 23.3 Å². The van der Waals surface area contributed by atoms with Crippen molar-refractivity contribution >= 4 is 6.01 Å². The SMILES string of the molecule is CNCc1nnc(NC2CCOc3ccccc32)o1. The Bertz CT molecular complexity index is 555. The zero-order valence-electron chi connectivity index (χ0n) is 10.7. The lowest BCUT2D eigenvalue weighted by atomic mass is 10.0. The Balaban J connectivity index is 1.76. The van der Waals surface area contributed by atoms with Gasteiger partial charge < -0.3 is 19.8 Å². The lowest BCUT2D eigenvalue weighted by molar-refractivity contribution is 0.273. The monoisotopic (exact) mass is 260 g/mol. The van der Waals surface area contributed by atoms with Gasteiger partial charge in [-0.05, 0) is 13.1 Å². The molecule has 0 saturated heterocycles. The van der Waals surface area contributed by atoms with Crippen LogP contribution in [0.15, 0.2) is 28.7 Å². The van der Waals surface area contributed by atoms with E-state index in [4.69, 9.17) is 9.15 Å². The molecule has 0 spiro atoms. The average Bonchev–Trinajstić information content (AvgIpc) is 2.87. The number of ether oxygens (including phenoxy) is 1. The summed E-state index contributed by atoms with van der Waals surface area (Å²) >= 11 is 0. The molecule has 0 amide bonds. The fraction of sp³-hybridized carbons (Fsp3) is 0.385. The lowest BCUT2D eigenvalue weighted by Crippen LogP contribution is -2.20. The number of hydrogen-bond acceptors (Lipinski definition) is 6. The summed E-state index contributed by atoms with van der Waals surface area (Å²) in [7, 11) is 1.84. The molecule has 3 rings (SSSR count). The molecule has 6 nitrogen and oxygen atoms in total. The molecule has 2 N–H and O–H groups in total. The molecule has 0 aliphatic carbocycles. The molecular weight excluding hydrogens is 244 g/mol. The third-order valence-electron chi connectivity index (χ3n) is 3.05. The van der Waals surface area contributed by atoms with Crippen LogP contribution >= 0.6 is 0 Å². The van der Waals surface area contributed by atoms with Crippen LogP contribution in [0.3, 0.4) is 0 Å². The molecule has 0 radical (unpaired) electrons. The number of anilines is 1. The zero-order valence-corrected chi connectivity index (χ0v) is 10.7. The Kier molecular flexibility index (Phi) is 3.33. The molecule has 19 heavy (non-hydrogen) atoms. The molecule has 1 aromatic carbocycles. The first kappa shape index (κ1) is 12.0. The molecule has 1 unspecified atom stereocenters. The highest BCUT2D eigenvalue weighted by Crippen LogP contribution is 2.33. The van der Waals surface area contributed by atoms with E-state index in [9.17, 15) is 0 Å². The maximum absolute atomic E-state index is 5.62. The summed E-state index contributed by atoms with van der Waals surface area (Å²) in [5.74, 6) is 1.49. The Morgan fingerprint density at radius 2 is 2.21 bits per heavy atom. The van der Waals surface area contributed by atoms with Gasteiger partial charge in [0.05, 0.1) is 19.2 Å². The van der Waals surface area contributed by atoms with E-state index in [0.717, 1.165) is 17.7 Å². The van der Waals surface area contributed by atoms with Gasteiger partial charge in [0.15, 0.2) is 0 Å². The van der Waals surface area contributed by atoms with Crippen molar-refractivity contribution in [2.45, 2.75) is 19.0 Å². The van der Waals surface area contributed by atoms with Crippen molar-refractivity contribution < 1.29 is 9.15 Å².